The minimum atomic E-state index is -0.197. The van der Waals surface area contributed by atoms with Crippen LogP contribution in [0.25, 0.3) is 0 Å². The molecule has 0 N–H and O–H groups in total. The van der Waals surface area contributed by atoms with Gasteiger partial charge in [0, 0.05) is 13.0 Å². The monoisotopic (exact) mass is 184 g/mol. The third-order valence-corrected chi connectivity index (χ3v) is 1.87. The average molecular weight is 185 g/mol. The van der Waals surface area contributed by atoms with Crippen molar-refractivity contribution in [3.05, 3.63) is 35.9 Å². The number of hydrogen-bond acceptors (Lipinski definition) is 1. The van der Waals surface area contributed by atoms with Gasteiger partial charge in [-0.3, -0.25) is 0 Å². The van der Waals surface area contributed by atoms with Crippen molar-refractivity contribution < 1.29 is 4.74 Å². The predicted octanol–water partition coefficient (Wildman–Crippen LogP) is 2.83. The lowest BCUT2D eigenvalue weighted by Gasteiger charge is -2.08. The largest absolute Gasteiger partial charge is 0.362 e. The molecule has 0 amide bonds. The fraction of sp³-hybridized carbons (Fsp3) is 0.400. The van der Waals surface area contributed by atoms with Gasteiger partial charge in [0.15, 0.2) is 0 Å². The molecular formula is C10H13ClO. The van der Waals surface area contributed by atoms with E-state index in [1.807, 2.05) is 25.1 Å². The predicted molar refractivity (Wildman–Crippen MR) is 51.4 cm³/mol. The molecule has 1 atom stereocenters. The molecule has 0 saturated heterocycles. The maximum atomic E-state index is 5.89. The standard InChI is InChI=1S/C10H13ClO/c1-2-12-10(11)8-9-6-4-3-5-7-9/h3-7,10H,2,8H2,1H3. The van der Waals surface area contributed by atoms with E-state index in [4.69, 9.17) is 16.3 Å². The number of alkyl halides is 1. The number of ether oxygens (including phenoxy) is 1. The summed E-state index contributed by atoms with van der Waals surface area (Å²) in [5.74, 6) is 0. The highest BCUT2D eigenvalue weighted by molar-refractivity contribution is 6.19. The van der Waals surface area contributed by atoms with Crippen molar-refractivity contribution in [2.24, 2.45) is 0 Å². The van der Waals surface area contributed by atoms with Gasteiger partial charge in [-0.2, -0.15) is 0 Å². The van der Waals surface area contributed by atoms with Crippen molar-refractivity contribution in [2.45, 2.75) is 18.9 Å². The Bertz CT molecular complexity index is 210. The molecule has 0 fully saturated rings. The van der Waals surface area contributed by atoms with Crippen LogP contribution < -0.4 is 0 Å². The summed E-state index contributed by atoms with van der Waals surface area (Å²) in [6.45, 7) is 2.61. The zero-order chi connectivity index (χ0) is 8.81. The van der Waals surface area contributed by atoms with E-state index >= 15 is 0 Å². The molecule has 0 aliphatic rings. The van der Waals surface area contributed by atoms with Crippen LogP contribution in [0.1, 0.15) is 12.5 Å². The molecule has 1 nitrogen and oxygen atoms in total. The highest BCUT2D eigenvalue weighted by atomic mass is 35.5. The van der Waals surface area contributed by atoms with E-state index in [1.165, 1.54) is 5.56 Å². The molecule has 66 valence electrons. The van der Waals surface area contributed by atoms with Crippen LogP contribution in [-0.2, 0) is 11.2 Å². The SMILES string of the molecule is CCOC(Cl)Cc1ccccc1. The summed E-state index contributed by atoms with van der Waals surface area (Å²) in [4.78, 5) is 0. The summed E-state index contributed by atoms with van der Waals surface area (Å²) in [5, 5.41) is 0. The van der Waals surface area contributed by atoms with E-state index < -0.39 is 0 Å². The van der Waals surface area contributed by atoms with Crippen LogP contribution >= 0.6 is 11.6 Å². The van der Waals surface area contributed by atoms with Crippen LogP contribution in [0.5, 0.6) is 0 Å². The maximum Gasteiger partial charge on any atom is 0.135 e. The lowest BCUT2D eigenvalue weighted by molar-refractivity contribution is 0.120. The normalized spacial score (nSPS) is 12.8. The van der Waals surface area contributed by atoms with Gasteiger partial charge in [0.05, 0.1) is 0 Å². The lowest BCUT2D eigenvalue weighted by Crippen LogP contribution is -2.07. The van der Waals surface area contributed by atoms with E-state index in [0.29, 0.717) is 6.61 Å². The van der Waals surface area contributed by atoms with E-state index in [9.17, 15) is 0 Å². The zero-order valence-electron chi connectivity index (χ0n) is 7.16. The summed E-state index contributed by atoms with van der Waals surface area (Å²) in [5.41, 5.74) is 1.02. The van der Waals surface area contributed by atoms with Crippen molar-refractivity contribution in [1.29, 1.82) is 0 Å². The summed E-state index contributed by atoms with van der Waals surface area (Å²) in [7, 11) is 0. The first-order valence-corrected chi connectivity index (χ1v) is 4.56. The van der Waals surface area contributed by atoms with Gasteiger partial charge in [0.1, 0.15) is 5.56 Å². The molecule has 1 unspecified atom stereocenters. The Labute approximate surface area is 78.3 Å². The van der Waals surface area contributed by atoms with Gasteiger partial charge in [-0.05, 0) is 12.5 Å². The lowest BCUT2D eigenvalue weighted by atomic mass is 10.2. The molecule has 0 radical (unpaired) electrons. The second-order valence-corrected chi connectivity index (χ2v) is 3.04. The Hall–Kier alpha value is -0.530. The molecule has 2 heteroatoms. The molecule has 0 aliphatic carbocycles. The van der Waals surface area contributed by atoms with E-state index in [0.717, 1.165) is 6.42 Å². The van der Waals surface area contributed by atoms with Gasteiger partial charge < -0.3 is 4.74 Å². The van der Waals surface area contributed by atoms with E-state index in [-0.39, 0.29) is 5.56 Å². The van der Waals surface area contributed by atoms with Crippen LogP contribution in [0.2, 0.25) is 0 Å². The van der Waals surface area contributed by atoms with E-state index in [2.05, 4.69) is 12.1 Å². The molecule has 0 bridgehead atoms. The quantitative estimate of drug-likeness (QED) is 0.654. The smallest absolute Gasteiger partial charge is 0.135 e. The summed E-state index contributed by atoms with van der Waals surface area (Å²) >= 11 is 5.89. The summed E-state index contributed by atoms with van der Waals surface area (Å²) < 4.78 is 5.21. The Balaban J connectivity index is 2.41. The van der Waals surface area contributed by atoms with Gasteiger partial charge >= 0.3 is 0 Å². The fourth-order valence-electron chi connectivity index (χ4n) is 1.04. The van der Waals surface area contributed by atoms with Crippen molar-refractivity contribution in [3.8, 4) is 0 Å². The fourth-order valence-corrected chi connectivity index (χ4v) is 1.34. The Kier molecular flexibility index (Phi) is 4.12. The third-order valence-electron chi connectivity index (χ3n) is 1.59. The number of halogens is 1. The molecule has 0 aromatic heterocycles. The van der Waals surface area contributed by atoms with Gasteiger partial charge in [-0.15, -0.1) is 0 Å². The topological polar surface area (TPSA) is 9.23 Å². The van der Waals surface area contributed by atoms with Crippen LogP contribution in [0.3, 0.4) is 0 Å². The third kappa shape index (κ3) is 3.24. The molecule has 1 aromatic rings. The Morgan fingerprint density at radius 3 is 2.58 bits per heavy atom. The second kappa shape index (κ2) is 5.18. The van der Waals surface area contributed by atoms with Crippen LogP contribution in [0.15, 0.2) is 30.3 Å². The molecule has 1 aromatic carbocycles. The number of hydrogen-bond donors (Lipinski definition) is 0. The van der Waals surface area contributed by atoms with Crippen LogP contribution in [0, 0.1) is 0 Å². The molecule has 0 saturated carbocycles. The van der Waals surface area contributed by atoms with Crippen LogP contribution in [0.4, 0.5) is 0 Å². The van der Waals surface area contributed by atoms with Crippen molar-refractivity contribution in [1.82, 2.24) is 0 Å². The number of benzene rings is 1. The molecular weight excluding hydrogens is 172 g/mol. The summed E-state index contributed by atoms with van der Waals surface area (Å²) in [6, 6.07) is 10.1. The molecule has 1 rings (SSSR count). The van der Waals surface area contributed by atoms with Gasteiger partial charge in [-0.1, -0.05) is 41.9 Å². The Morgan fingerprint density at radius 1 is 1.33 bits per heavy atom. The van der Waals surface area contributed by atoms with Gasteiger partial charge in [0.25, 0.3) is 0 Å². The van der Waals surface area contributed by atoms with Gasteiger partial charge in [0.2, 0.25) is 0 Å². The minimum Gasteiger partial charge on any atom is -0.362 e. The molecule has 0 spiro atoms. The first kappa shape index (κ1) is 9.56. The van der Waals surface area contributed by atoms with Crippen molar-refractivity contribution >= 4 is 11.6 Å². The zero-order valence-corrected chi connectivity index (χ0v) is 7.92. The Morgan fingerprint density at radius 2 is 2.00 bits per heavy atom. The van der Waals surface area contributed by atoms with Crippen molar-refractivity contribution in [2.75, 3.05) is 6.61 Å². The summed E-state index contributed by atoms with van der Waals surface area (Å²) in [6.07, 6.45) is 0.774. The maximum absolute atomic E-state index is 5.89. The van der Waals surface area contributed by atoms with Crippen LogP contribution in [-0.4, -0.2) is 12.2 Å². The molecule has 0 heterocycles. The first-order chi connectivity index (χ1) is 5.83. The minimum absolute atomic E-state index is 0.197. The van der Waals surface area contributed by atoms with Gasteiger partial charge in [-0.25, -0.2) is 0 Å². The average Bonchev–Trinajstić information content (AvgIpc) is 2.06. The second-order valence-electron chi connectivity index (χ2n) is 2.56. The molecule has 0 aliphatic heterocycles. The van der Waals surface area contributed by atoms with Crippen molar-refractivity contribution in [3.63, 3.8) is 0 Å². The molecule has 12 heavy (non-hydrogen) atoms. The highest BCUT2D eigenvalue weighted by Gasteiger charge is 2.03. The first-order valence-electron chi connectivity index (χ1n) is 4.12. The highest BCUT2D eigenvalue weighted by Crippen LogP contribution is 2.08. The number of rotatable bonds is 4. The van der Waals surface area contributed by atoms with E-state index in [1.54, 1.807) is 0 Å².